The predicted molar refractivity (Wildman–Crippen MR) is 79.1 cm³/mol. The Morgan fingerprint density at radius 1 is 1.40 bits per heavy atom. The number of alkyl halides is 4. The Labute approximate surface area is 132 Å². The quantitative estimate of drug-likeness (QED) is 0.688. The third kappa shape index (κ3) is 5.09. The van der Waals surface area contributed by atoms with Gasteiger partial charge in [0.05, 0.1) is 11.1 Å². The normalized spacial score (nSPS) is 13.1. The molecule has 20 heavy (non-hydrogen) atoms. The molecule has 0 saturated heterocycles. The monoisotopic (exact) mass is 415 g/mol. The minimum atomic E-state index is -4.46. The zero-order valence-corrected chi connectivity index (χ0v) is 13.9. The lowest BCUT2D eigenvalue weighted by Gasteiger charge is -2.13. The van der Waals surface area contributed by atoms with Crippen molar-refractivity contribution in [2.24, 2.45) is 0 Å². The molecule has 1 N–H and O–H groups in total. The van der Waals surface area contributed by atoms with Crippen molar-refractivity contribution < 1.29 is 18.0 Å². The van der Waals surface area contributed by atoms with E-state index in [9.17, 15) is 18.0 Å². The Balaban J connectivity index is 2.82. The maximum atomic E-state index is 12.6. The zero-order valence-electron chi connectivity index (χ0n) is 10.7. The Hall–Kier alpha value is -0.560. The number of benzene rings is 1. The fourth-order valence-electron chi connectivity index (χ4n) is 1.59. The third-order valence-electron chi connectivity index (χ3n) is 2.62. The van der Waals surface area contributed by atoms with Gasteiger partial charge in [-0.3, -0.25) is 4.79 Å². The molecule has 0 spiro atoms. The van der Waals surface area contributed by atoms with Crippen LogP contribution in [0, 0.1) is 0 Å². The number of carbonyl (C=O) groups excluding carboxylic acids is 1. The van der Waals surface area contributed by atoms with Gasteiger partial charge in [0.15, 0.2) is 0 Å². The maximum Gasteiger partial charge on any atom is 0.416 e. The summed E-state index contributed by atoms with van der Waals surface area (Å²) >= 11 is 6.49. The molecule has 1 atom stereocenters. The first kappa shape index (κ1) is 17.5. The van der Waals surface area contributed by atoms with Gasteiger partial charge in [0.1, 0.15) is 0 Å². The van der Waals surface area contributed by atoms with E-state index < -0.39 is 17.6 Å². The molecule has 0 aromatic heterocycles. The van der Waals surface area contributed by atoms with E-state index in [1.54, 1.807) is 0 Å². The van der Waals surface area contributed by atoms with Gasteiger partial charge in [0.25, 0.3) is 5.91 Å². The lowest BCUT2D eigenvalue weighted by atomic mass is 10.1. The maximum absolute atomic E-state index is 12.6. The van der Waals surface area contributed by atoms with Gasteiger partial charge >= 0.3 is 6.18 Å². The van der Waals surface area contributed by atoms with E-state index in [-0.39, 0.29) is 10.4 Å². The fourth-order valence-corrected chi connectivity index (χ4v) is 2.64. The SMILES string of the molecule is CCCC(Br)CNC(=O)c1cc(C(F)(F)F)ccc1Br. The van der Waals surface area contributed by atoms with Crippen LogP contribution in [0.3, 0.4) is 0 Å². The molecule has 0 heterocycles. The van der Waals surface area contributed by atoms with Gasteiger partial charge in [-0.05, 0) is 40.5 Å². The molecule has 1 amide bonds. The molecule has 1 aromatic carbocycles. The van der Waals surface area contributed by atoms with Crippen LogP contribution >= 0.6 is 31.9 Å². The second-order valence-electron chi connectivity index (χ2n) is 4.29. The second-order valence-corrected chi connectivity index (χ2v) is 6.44. The van der Waals surface area contributed by atoms with E-state index in [4.69, 9.17) is 0 Å². The summed E-state index contributed by atoms with van der Waals surface area (Å²) in [7, 11) is 0. The van der Waals surface area contributed by atoms with Crippen LogP contribution in [0.2, 0.25) is 0 Å². The first-order valence-corrected chi connectivity index (χ1v) is 7.75. The summed E-state index contributed by atoms with van der Waals surface area (Å²) in [6, 6.07) is 3.02. The van der Waals surface area contributed by atoms with Crippen LogP contribution in [0.1, 0.15) is 35.7 Å². The van der Waals surface area contributed by atoms with Gasteiger partial charge in [0, 0.05) is 15.8 Å². The minimum Gasteiger partial charge on any atom is -0.351 e. The highest BCUT2D eigenvalue weighted by Gasteiger charge is 2.31. The zero-order chi connectivity index (χ0) is 15.3. The van der Waals surface area contributed by atoms with E-state index in [1.807, 2.05) is 6.92 Å². The van der Waals surface area contributed by atoms with Crippen LogP contribution in [0.15, 0.2) is 22.7 Å². The molecule has 7 heteroatoms. The molecule has 0 bridgehead atoms. The molecule has 1 aromatic rings. The summed E-state index contributed by atoms with van der Waals surface area (Å²) in [5.41, 5.74) is -0.856. The van der Waals surface area contributed by atoms with Crippen LogP contribution in [-0.2, 0) is 6.18 Å². The van der Waals surface area contributed by atoms with Gasteiger partial charge < -0.3 is 5.32 Å². The molecule has 0 aliphatic heterocycles. The molecule has 1 unspecified atom stereocenters. The summed E-state index contributed by atoms with van der Waals surface area (Å²) in [5.74, 6) is -0.525. The fraction of sp³-hybridized carbons (Fsp3) is 0.462. The first-order chi connectivity index (χ1) is 9.25. The minimum absolute atomic E-state index is 0.0176. The number of rotatable bonds is 5. The molecular formula is C13H14Br2F3NO. The summed E-state index contributed by atoms with van der Waals surface area (Å²) in [6.45, 7) is 2.38. The van der Waals surface area contributed by atoms with Gasteiger partial charge in [-0.25, -0.2) is 0 Å². The first-order valence-electron chi connectivity index (χ1n) is 6.04. The van der Waals surface area contributed by atoms with E-state index in [0.717, 1.165) is 25.0 Å². The van der Waals surface area contributed by atoms with Gasteiger partial charge in [-0.2, -0.15) is 13.2 Å². The molecule has 0 aliphatic carbocycles. The highest BCUT2D eigenvalue weighted by molar-refractivity contribution is 9.10. The average molecular weight is 417 g/mol. The van der Waals surface area contributed by atoms with Crippen molar-refractivity contribution in [2.75, 3.05) is 6.54 Å². The van der Waals surface area contributed by atoms with Gasteiger partial charge in [-0.1, -0.05) is 29.3 Å². The molecule has 0 aliphatic rings. The molecule has 112 valence electrons. The highest BCUT2D eigenvalue weighted by Crippen LogP contribution is 2.31. The lowest BCUT2D eigenvalue weighted by molar-refractivity contribution is -0.137. The van der Waals surface area contributed by atoms with Crippen molar-refractivity contribution in [3.63, 3.8) is 0 Å². The van der Waals surface area contributed by atoms with Crippen molar-refractivity contribution in [2.45, 2.75) is 30.8 Å². The average Bonchev–Trinajstić information content (AvgIpc) is 2.35. The number of nitrogens with one attached hydrogen (secondary N) is 1. The van der Waals surface area contributed by atoms with Crippen molar-refractivity contribution >= 4 is 37.8 Å². The Bertz CT molecular complexity index is 477. The molecule has 2 nitrogen and oxygen atoms in total. The molecule has 0 radical (unpaired) electrons. The van der Waals surface area contributed by atoms with Crippen molar-refractivity contribution in [1.82, 2.24) is 5.32 Å². The van der Waals surface area contributed by atoms with Crippen molar-refractivity contribution in [3.8, 4) is 0 Å². The Morgan fingerprint density at radius 2 is 2.05 bits per heavy atom. The molecule has 0 fully saturated rings. The molecule has 1 rings (SSSR count). The van der Waals surface area contributed by atoms with Crippen LogP contribution in [-0.4, -0.2) is 17.3 Å². The molecule has 0 saturated carbocycles. The summed E-state index contributed by atoms with van der Waals surface area (Å²) in [5, 5.41) is 2.62. The summed E-state index contributed by atoms with van der Waals surface area (Å²) < 4.78 is 38.2. The second kappa shape index (κ2) is 7.45. The lowest BCUT2D eigenvalue weighted by Crippen LogP contribution is -2.30. The van der Waals surface area contributed by atoms with E-state index in [0.29, 0.717) is 11.0 Å². The van der Waals surface area contributed by atoms with Gasteiger partial charge in [-0.15, -0.1) is 0 Å². The van der Waals surface area contributed by atoms with E-state index >= 15 is 0 Å². The van der Waals surface area contributed by atoms with E-state index in [2.05, 4.69) is 37.2 Å². The smallest absolute Gasteiger partial charge is 0.351 e. The predicted octanol–water partition coefficient (Wildman–Crippen LogP) is 4.76. The molecular weight excluding hydrogens is 403 g/mol. The van der Waals surface area contributed by atoms with E-state index in [1.165, 1.54) is 6.07 Å². The third-order valence-corrected chi connectivity index (χ3v) is 4.10. The van der Waals surface area contributed by atoms with Crippen LogP contribution in [0.25, 0.3) is 0 Å². The summed E-state index contributed by atoms with van der Waals surface area (Å²) in [6.07, 6.45) is -2.63. The highest BCUT2D eigenvalue weighted by atomic mass is 79.9. The summed E-state index contributed by atoms with van der Waals surface area (Å²) in [4.78, 5) is 12.0. The van der Waals surface area contributed by atoms with Crippen LogP contribution in [0.5, 0.6) is 0 Å². The van der Waals surface area contributed by atoms with Crippen molar-refractivity contribution in [1.29, 1.82) is 0 Å². The van der Waals surface area contributed by atoms with Gasteiger partial charge in [0.2, 0.25) is 0 Å². The Kier molecular flexibility index (Phi) is 6.51. The van der Waals surface area contributed by atoms with Crippen LogP contribution < -0.4 is 5.32 Å². The Morgan fingerprint density at radius 3 is 2.60 bits per heavy atom. The number of carbonyl (C=O) groups is 1. The standard InChI is InChI=1S/C13H14Br2F3NO/c1-2-3-9(14)7-19-12(20)10-6-8(13(16,17)18)4-5-11(10)15/h4-6,9H,2-3,7H2,1H3,(H,19,20). The number of halogens is 5. The van der Waals surface area contributed by atoms with Crippen molar-refractivity contribution in [3.05, 3.63) is 33.8 Å². The number of hydrogen-bond donors (Lipinski definition) is 1. The largest absolute Gasteiger partial charge is 0.416 e. The van der Waals surface area contributed by atoms with Crippen LogP contribution in [0.4, 0.5) is 13.2 Å². The topological polar surface area (TPSA) is 29.1 Å². The number of amides is 1. The number of hydrogen-bond acceptors (Lipinski definition) is 1.